The molecule has 0 aromatic heterocycles. The maximum atomic E-state index is 8.63. The molecule has 50 valence electrons. The second-order valence-corrected chi connectivity index (χ2v) is 1.34. The van der Waals surface area contributed by atoms with E-state index in [1.807, 2.05) is 6.07 Å². The summed E-state index contributed by atoms with van der Waals surface area (Å²) in [6, 6.07) is 8.71. The van der Waals surface area contributed by atoms with E-state index < -0.39 is 0 Å². The van der Waals surface area contributed by atoms with Gasteiger partial charge in [0.1, 0.15) is 5.75 Å². The lowest BCUT2D eigenvalue weighted by atomic mass is 10.3. The van der Waals surface area contributed by atoms with Gasteiger partial charge in [0.15, 0.2) is 0 Å². The normalized spacial score (nSPS) is 7.33. The average Bonchev–Trinajstić information content (AvgIpc) is 1.94. The Labute approximate surface area is 60.8 Å². The highest BCUT2D eigenvalue weighted by molar-refractivity contribution is 7.79. The van der Waals surface area contributed by atoms with Crippen LogP contribution in [0, 0.1) is 0 Å². The van der Waals surface area contributed by atoms with E-state index in [1.165, 1.54) is 0 Å². The molecule has 0 saturated heterocycles. The number of rotatable bonds is 0. The summed E-state index contributed by atoms with van der Waals surface area (Å²) in [5.74, 6) is 0.322. The van der Waals surface area contributed by atoms with Crippen LogP contribution < -0.4 is 0 Å². The van der Waals surface area contributed by atoms with E-state index in [-0.39, 0.29) is 0 Å². The van der Waals surface area contributed by atoms with Gasteiger partial charge in [0, 0.05) is 0 Å². The Bertz CT molecular complexity index is 139. The molecule has 1 aromatic carbocycles. The van der Waals surface area contributed by atoms with Gasteiger partial charge >= 0.3 is 0 Å². The van der Waals surface area contributed by atoms with Crippen molar-refractivity contribution in [2.24, 2.45) is 0 Å². The smallest absolute Gasteiger partial charge is 0.115 e. The number of para-hydroxylation sites is 1. The fourth-order valence-electron chi connectivity index (χ4n) is 0.428. The molecule has 0 saturated carbocycles. The number of aromatic hydroxyl groups is 1. The van der Waals surface area contributed by atoms with E-state index in [4.69, 9.17) is 5.11 Å². The van der Waals surface area contributed by atoms with Gasteiger partial charge in [-0.3, -0.25) is 0 Å². The molecule has 0 atom stereocenters. The van der Waals surface area contributed by atoms with Crippen molar-refractivity contribution in [1.29, 1.82) is 0 Å². The summed E-state index contributed by atoms with van der Waals surface area (Å²) in [6.07, 6.45) is 1.69. The highest BCUT2D eigenvalue weighted by Crippen LogP contribution is 2.02. The van der Waals surface area contributed by atoms with Gasteiger partial charge < -0.3 is 5.11 Å². The van der Waals surface area contributed by atoms with Crippen molar-refractivity contribution < 1.29 is 5.11 Å². The van der Waals surface area contributed by atoms with E-state index in [1.54, 1.807) is 30.5 Å². The number of hydrogen-bond acceptors (Lipinski definition) is 2. The molecule has 1 rings (SSSR count). The van der Waals surface area contributed by atoms with Crippen LogP contribution >= 0.6 is 12.6 Å². The summed E-state index contributed by atoms with van der Waals surface area (Å²) in [5.41, 5.74) is 0. The summed E-state index contributed by atoms with van der Waals surface area (Å²) in [5, 5.41) is 8.63. The largest absolute Gasteiger partial charge is 0.508 e. The molecule has 9 heavy (non-hydrogen) atoms. The Kier molecular flexibility index (Phi) is 5.12. The van der Waals surface area contributed by atoms with E-state index >= 15 is 0 Å². The lowest BCUT2D eigenvalue weighted by molar-refractivity contribution is 0.475. The van der Waals surface area contributed by atoms with E-state index in [2.05, 4.69) is 12.6 Å². The van der Waals surface area contributed by atoms with Crippen LogP contribution in [0.15, 0.2) is 30.3 Å². The minimum Gasteiger partial charge on any atom is -0.508 e. The third-order valence-electron chi connectivity index (χ3n) is 0.756. The Morgan fingerprint density at radius 3 is 1.78 bits per heavy atom. The third-order valence-corrected chi connectivity index (χ3v) is 0.756. The Balaban J connectivity index is 0.000000291. The molecule has 2 heteroatoms. The van der Waals surface area contributed by atoms with E-state index in [9.17, 15) is 0 Å². The highest BCUT2D eigenvalue weighted by Gasteiger charge is 1.74. The molecule has 0 spiro atoms. The first-order valence-corrected chi connectivity index (χ1v) is 3.48. The molecule has 1 nitrogen and oxygen atoms in total. The molecule has 0 aliphatic rings. The molecule has 0 aliphatic carbocycles. The standard InChI is InChI=1S/C6H6O.CH4S/c7-6-4-2-1-3-5-6;1-2/h1-5,7H;2H,1H3. The van der Waals surface area contributed by atoms with Gasteiger partial charge in [-0.2, -0.15) is 12.6 Å². The fraction of sp³-hybridized carbons (Fsp3) is 0.143. The number of benzene rings is 1. The summed E-state index contributed by atoms with van der Waals surface area (Å²) in [6.45, 7) is 0. The van der Waals surface area contributed by atoms with E-state index in [0.29, 0.717) is 5.75 Å². The quantitative estimate of drug-likeness (QED) is 0.530. The zero-order valence-electron chi connectivity index (χ0n) is 5.28. The monoisotopic (exact) mass is 142 g/mol. The van der Waals surface area contributed by atoms with Crippen LogP contribution in [0.1, 0.15) is 0 Å². The number of phenolic OH excluding ortho intramolecular Hbond substituents is 1. The lowest BCUT2D eigenvalue weighted by Crippen LogP contribution is -1.56. The summed E-state index contributed by atoms with van der Waals surface area (Å²) >= 11 is 3.53. The van der Waals surface area contributed by atoms with Crippen LogP contribution in [0.25, 0.3) is 0 Å². The molecule has 1 N–H and O–H groups in total. The molecule has 0 unspecified atom stereocenters. The summed E-state index contributed by atoms with van der Waals surface area (Å²) in [4.78, 5) is 0. The Morgan fingerprint density at radius 1 is 1.11 bits per heavy atom. The molecule has 0 heterocycles. The van der Waals surface area contributed by atoms with Crippen LogP contribution in [-0.2, 0) is 0 Å². The van der Waals surface area contributed by atoms with Crippen molar-refractivity contribution in [3.63, 3.8) is 0 Å². The second-order valence-electron chi connectivity index (χ2n) is 1.34. The SMILES string of the molecule is CS.Oc1ccccc1. The average molecular weight is 142 g/mol. The van der Waals surface area contributed by atoms with Crippen molar-refractivity contribution in [2.45, 2.75) is 0 Å². The topological polar surface area (TPSA) is 20.2 Å². The number of hydrogen-bond donors (Lipinski definition) is 2. The fourth-order valence-corrected chi connectivity index (χ4v) is 0.428. The van der Waals surface area contributed by atoms with Crippen molar-refractivity contribution >= 4 is 12.6 Å². The van der Waals surface area contributed by atoms with Crippen molar-refractivity contribution in [3.05, 3.63) is 30.3 Å². The van der Waals surface area contributed by atoms with Gasteiger partial charge in [-0.15, -0.1) is 0 Å². The minimum absolute atomic E-state index is 0.322. The van der Waals surface area contributed by atoms with Crippen molar-refractivity contribution in [2.75, 3.05) is 6.26 Å². The van der Waals surface area contributed by atoms with Gasteiger partial charge in [0.25, 0.3) is 0 Å². The predicted octanol–water partition coefficient (Wildman–Crippen LogP) is 1.94. The molecule has 1 aromatic rings. The predicted molar refractivity (Wildman–Crippen MR) is 43.0 cm³/mol. The van der Waals surface area contributed by atoms with E-state index in [0.717, 1.165) is 0 Å². The highest BCUT2D eigenvalue weighted by atomic mass is 32.1. The van der Waals surface area contributed by atoms with Crippen LogP contribution in [0.5, 0.6) is 5.75 Å². The molecular formula is C7H10OS. The van der Waals surface area contributed by atoms with Gasteiger partial charge in [0.2, 0.25) is 0 Å². The van der Waals surface area contributed by atoms with Crippen LogP contribution in [0.4, 0.5) is 0 Å². The summed E-state index contributed by atoms with van der Waals surface area (Å²) < 4.78 is 0. The van der Waals surface area contributed by atoms with Gasteiger partial charge in [-0.25, -0.2) is 0 Å². The first-order valence-electron chi connectivity index (χ1n) is 2.58. The van der Waals surface area contributed by atoms with Crippen LogP contribution in [-0.4, -0.2) is 11.4 Å². The first-order chi connectivity index (χ1) is 4.39. The molecule has 0 fully saturated rings. The zero-order valence-corrected chi connectivity index (χ0v) is 6.18. The Hall–Kier alpha value is -0.630. The van der Waals surface area contributed by atoms with Gasteiger partial charge in [-0.05, 0) is 18.4 Å². The lowest BCUT2D eigenvalue weighted by Gasteiger charge is -1.82. The second kappa shape index (κ2) is 5.51. The van der Waals surface area contributed by atoms with Gasteiger partial charge in [-0.1, -0.05) is 18.2 Å². The minimum atomic E-state index is 0.322. The maximum Gasteiger partial charge on any atom is 0.115 e. The van der Waals surface area contributed by atoms with Gasteiger partial charge in [0.05, 0.1) is 0 Å². The third kappa shape index (κ3) is 3.91. The number of phenols is 1. The van der Waals surface area contributed by atoms with Crippen molar-refractivity contribution in [1.82, 2.24) is 0 Å². The molecule has 0 radical (unpaired) electrons. The molecule has 0 amide bonds. The summed E-state index contributed by atoms with van der Waals surface area (Å²) in [7, 11) is 0. The van der Waals surface area contributed by atoms with Crippen LogP contribution in [0.2, 0.25) is 0 Å². The first kappa shape index (κ1) is 8.37. The molecular weight excluding hydrogens is 132 g/mol. The zero-order chi connectivity index (χ0) is 7.11. The molecule has 0 aliphatic heterocycles. The van der Waals surface area contributed by atoms with Crippen LogP contribution in [0.3, 0.4) is 0 Å². The van der Waals surface area contributed by atoms with Crippen molar-refractivity contribution in [3.8, 4) is 5.75 Å². The number of thiol groups is 1. The molecule has 0 bridgehead atoms. The Morgan fingerprint density at radius 2 is 1.56 bits per heavy atom. The maximum absolute atomic E-state index is 8.63.